The van der Waals surface area contributed by atoms with Gasteiger partial charge in [-0.1, -0.05) is 24.4 Å². The van der Waals surface area contributed by atoms with E-state index in [9.17, 15) is 14.4 Å². The van der Waals surface area contributed by atoms with Crippen molar-refractivity contribution in [3.05, 3.63) is 35.4 Å². The lowest BCUT2D eigenvalue weighted by Crippen LogP contribution is -2.65. The third-order valence-electron chi connectivity index (χ3n) is 3.45. The second-order valence-corrected chi connectivity index (χ2v) is 5.71. The van der Waals surface area contributed by atoms with Gasteiger partial charge in [0, 0.05) is 11.1 Å². The number of thiocarbonyl (C=S) groups is 1. The van der Waals surface area contributed by atoms with Gasteiger partial charge in [0.05, 0.1) is 0 Å². The Morgan fingerprint density at radius 3 is 2.29 bits per heavy atom. The van der Waals surface area contributed by atoms with Crippen LogP contribution in [0.25, 0.3) is 0 Å². The molecule has 1 aliphatic heterocycles. The highest BCUT2D eigenvalue weighted by Gasteiger charge is 2.43. The lowest BCUT2D eigenvalue weighted by atomic mass is 9.97. The molecular formula is C14H15N3O3S. The van der Waals surface area contributed by atoms with Gasteiger partial charge in [-0.15, -0.1) is 0 Å². The van der Waals surface area contributed by atoms with Gasteiger partial charge in [-0.3, -0.25) is 19.7 Å². The molecule has 2 rings (SSSR count). The fraction of sp³-hybridized carbons (Fsp3) is 0.286. The summed E-state index contributed by atoms with van der Waals surface area (Å²) in [5.41, 5.74) is 5.42. The van der Waals surface area contributed by atoms with Crippen molar-refractivity contribution < 1.29 is 14.4 Å². The van der Waals surface area contributed by atoms with Crippen molar-refractivity contribution >= 4 is 34.9 Å². The average Bonchev–Trinajstić information content (AvgIpc) is 2.42. The molecule has 21 heavy (non-hydrogen) atoms. The molecule has 7 heteroatoms. The van der Waals surface area contributed by atoms with Crippen LogP contribution in [0, 0.1) is 0 Å². The largest absolute Gasteiger partial charge is 0.389 e. The fourth-order valence-corrected chi connectivity index (χ4v) is 2.18. The summed E-state index contributed by atoms with van der Waals surface area (Å²) >= 11 is 4.85. The second kappa shape index (κ2) is 5.25. The summed E-state index contributed by atoms with van der Waals surface area (Å²) in [6.45, 7) is 3.03. The highest BCUT2D eigenvalue weighted by molar-refractivity contribution is 7.80. The van der Waals surface area contributed by atoms with E-state index in [4.69, 9.17) is 18.0 Å². The maximum atomic E-state index is 12.5. The molecule has 3 N–H and O–H groups in total. The molecule has 0 atom stereocenters. The zero-order valence-corrected chi connectivity index (χ0v) is 12.5. The molecule has 0 saturated carbocycles. The number of hydrogen-bond acceptors (Lipinski definition) is 4. The lowest BCUT2D eigenvalue weighted by molar-refractivity contribution is -0.143. The Bertz CT molecular complexity index is 637. The molecule has 0 unspecified atom stereocenters. The smallest absolute Gasteiger partial charge is 0.255 e. The summed E-state index contributed by atoms with van der Waals surface area (Å²) in [6, 6.07) is 6.41. The third kappa shape index (κ3) is 2.78. The van der Waals surface area contributed by atoms with Crippen LogP contribution in [0.1, 0.15) is 29.8 Å². The van der Waals surface area contributed by atoms with Crippen molar-refractivity contribution in [2.24, 2.45) is 5.73 Å². The monoisotopic (exact) mass is 305 g/mol. The predicted molar refractivity (Wildman–Crippen MR) is 80.6 cm³/mol. The third-order valence-corrected chi connectivity index (χ3v) is 3.68. The number of rotatable bonds is 2. The molecule has 0 spiro atoms. The number of benzene rings is 1. The molecule has 1 heterocycles. The van der Waals surface area contributed by atoms with Crippen molar-refractivity contribution in [1.82, 2.24) is 10.2 Å². The van der Waals surface area contributed by atoms with Crippen molar-refractivity contribution in [2.45, 2.75) is 19.4 Å². The number of imide groups is 1. The van der Waals surface area contributed by atoms with Crippen LogP contribution in [-0.2, 0) is 9.59 Å². The summed E-state index contributed by atoms with van der Waals surface area (Å²) in [4.78, 5) is 37.4. The number of nitrogens with zero attached hydrogens (tertiary/aromatic N) is 1. The molecule has 3 amide bonds. The SMILES string of the molecule is CC1(C)C(=O)NC(=O)CN1C(=O)c1ccc(C(N)=S)cc1. The van der Waals surface area contributed by atoms with Crippen molar-refractivity contribution in [3.63, 3.8) is 0 Å². The standard InChI is InChI=1S/C14H15N3O3S/c1-14(2)13(20)16-10(18)7-17(14)12(19)9-5-3-8(4-6-9)11(15)21/h3-6H,7H2,1-2H3,(H2,15,21)(H,16,18,20). The van der Waals surface area contributed by atoms with Crippen LogP contribution < -0.4 is 11.1 Å². The number of hydrogen-bond donors (Lipinski definition) is 2. The summed E-state index contributed by atoms with van der Waals surface area (Å²) in [5.74, 6) is -1.38. The van der Waals surface area contributed by atoms with Crippen LogP contribution in [0.2, 0.25) is 0 Å². The Kier molecular flexibility index (Phi) is 3.78. The minimum absolute atomic E-state index is 0.158. The van der Waals surface area contributed by atoms with E-state index in [0.717, 1.165) is 0 Å². The number of carbonyl (C=O) groups is 3. The molecule has 1 fully saturated rings. The molecule has 1 aliphatic rings. The first kappa shape index (κ1) is 15.1. The van der Waals surface area contributed by atoms with Gasteiger partial charge in [-0.2, -0.15) is 0 Å². The normalized spacial score (nSPS) is 17.3. The van der Waals surface area contributed by atoms with Crippen LogP contribution in [0.4, 0.5) is 0 Å². The summed E-state index contributed by atoms with van der Waals surface area (Å²) in [6.07, 6.45) is 0. The molecule has 0 bridgehead atoms. The van der Waals surface area contributed by atoms with E-state index in [2.05, 4.69) is 5.32 Å². The lowest BCUT2D eigenvalue weighted by Gasteiger charge is -2.40. The molecule has 0 aromatic heterocycles. The molecular weight excluding hydrogens is 290 g/mol. The Balaban J connectivity index is 2.31. The summed E-state index contributed by atoms with van der Waals surface area (Å²) in [7, 11) is 0. The van der Waals surface area contributed by atoms with Gasteiger partial charge < -0.3 is 10.6 Å². The fourth-order valence-electron chi connectivity index (χ4n) is 2.04. The van der Waals surface area contributed by atoms with Gasteiger partial charge in [0.15, 0.2) is 0 Å². The van der Waals surface area contributed by atoms with Crippen LogP contribution in [-0.4, -0.2) is 39.7 Å². The van der Waals surface area contributed by atoms with E-state index in [0.29, 0.717) is 11.1 Å². The average molecular weight is 305 g/mol. The number of amides is 3. The van der Waals surface area contributed by atoms with Crippen LogP contribution in [0.5, 0.6) is 0 Å². The van der Waals surface area contributed by atoms with E-state index in [1.54, 1.807) is 38.1 Å². The first-order valence-electron chi connectivity index (χ1n) is 6.29. The molecule has 1 saturated heterocycles. The molecule has 0 radical (unpaired) electrons. The Morgan fingerprint density at radius 1 is 1.24 bits per heavy atom. The Hall–Kier alpha value is -2.28. The van der Waals surface area contributed by atoms with E-state index in [-0.39, 0.29) is 11.5 Å². The maximum absolute atomic E-state index is 12.5. The summed E-state index contributed by atoms with van der Waals surface area (Å²) < 4.78 is 0. The number of nitrogens with one attached hydrogen (secondary N) is 1. The van der Waals surface area contributed by atoms with Crippen molar-refractivity contribution in [1.29, 1.82) is 0 Å². The second-order valence-electron chi connectivity index (χ2n) is 5.27. The number of nitrogens with two attached hydrogens (primary N) is 1. The number of piperazine rings is 1. The van der Waals surface area contributed by atoms with Gasteiger partial charge in [-0.25, -0.2) is 0 Å². The van der Waals surface area contributed by atoms with Gasteiger partial charge in [0.25, 0.3) is 11.8 Å². The zero-order valence-electron chi connectivity index (χ0n) is 11.7. The minimum Gasteiger partial charge on any atom is -0.389 e. The summed E-state index contributed by atoms with van der Waals surface area (Å²) in [5, 5.41) is 2.22. The molecule has 6 nitrogen and oxygen atoms in total. The zero-order chi connectivity index (χ0) is 15.8. The highest BCUT2D eigenvalue weighted by atomic mass is 32.1. The molecule has 1 aromatic rings. The highest BCUT2D eigenvalue weighted by Crippen LogP contribution is 2.21. The predicted octanol–water partition coefficient (Wildman–Crippen LogP) is 0.198. The van der Waals surface area contributed by atoms with E-state index in [1.165, 1.54) is 4.90 Å². The quantitative estimate of drug-likeness (QED) is 0.601. The Labute approximate surface area is 127 Å². The Morgan fingerprint density at radius 2 is 1.76 bits per heavy atom. The van der Waals surface area contributed by atoms with E-state index in [1.807, 2.05) is 0 Å². The molecule has 110 valence electrons. The van der Waals surface area contributed by atoms with Crippen molar-refractivity contribution in [3.8, 4) is 0 Å². The van der Waals surface area contributed by atoms with Crippen LogP contribution >= 0.6 is 12.2 Å². The first-order chi connectivity index (χ1) is 9.73. The van der Waals surface area contributed by atoms with Gasteiger partial charge in [0.2, 0.25) is 5.91 Å². The van der Waals surface area contributed by atoms with Gasteiger partial charge in [-0.05, 0) is 26.0 Å². The maximum Gasteiger partial charge on any atom is 0.255 e. The van der Waals surface area contributed by atoms with Crippen LogP contribution in [0.3, 0.4) is 0 Å². The van der Waals surface area contributed by atoms with Crippen LogP contribution in [0.15, 0.2) is 24.3 Å². The van der Waals surface area contributed by atoms with Gasteiger partial charge in [0.1, 0.15) is 17.1 Å². The molecule has 1 aromatic carbocycles. The molecule has 0 aliphatic carbocycles. The van der Waals surface area contributed by atoms with Gasteiger partial charge >= 0.3 is 0 Å². The number of carbonyl (C=O) groups excluding carboxylic acids is 3. The first-order valence-corrected chi connectivity index (χ1v) is 6.70. The van der Waals surface area contributed by atoms with E-state index < -0.39 is 23.3 Å². The topological polar surface area (TPSA) is 92.5 Å². The van der Waals surface area contributed by atoms with E-state index >= 15 is 0 Å². The van der Waals surface area contributed by atoms with Crippen molar-refractivity contribution in [2.75, 3.05) is 6.54 Å². The minimum atomic E-state index is -1.09.